The second kappa shape index (κ2) is 6.93. The van der Waals surface area contributed by atoms with Crippen LogP contribution in [0.4, 0.5) is 15.9 Å². The summed E-state index contributed by atoms with van der Waals surface area (Å²) in [5.41, 5.74) is 1.09. The van der Waals surface area contributed by atoms with E-state index < -0.39 is 5.82 Å². The quantitative estimate of drug-likeness (QED) is 0.716. The molecule has 2 aromatic carbocycles. The van der Waals surface area contributed by atoms with E-state index in [-0.39, 0.29) is 16.9 Å². The molecule has 0 bridgehead atoms. The fourth-order valence-corrected chi connectivity index (χ4v) is 3.00. The van der Waals surface area contributed by atoms with Crippen molar-refractivity contribution in [3.05, 3.63) is 47.5 Å². The van der Waals surface area contributed by atoms with Gasteiger partial charge in [0.1, 0.15) is 35.6 Å². The maximum atomic E-state index is 13.4. The van der Waals surface area contributed by atoms with E-state index in [4.69, 9.17) is 21.1 Å². The van der Waals surface area contributed by atoms with Crippen molar-refractivity contribution < 1.29 is 19.0 Å². The number of hydrogen-bond donors (Lipinski definition) is 2. The fraction of sp³-hybridized carbons (Fsp3) is 0.222. The van der Waals surface area contributed by atoms with Crippen LogP contribution in [0.3, 0.4) is 0 Å². The van der Waals surface area contributed by atoms with E-state index in [1.54, 1.807) is 6.07 Å². The number of phenols is 1. The number of rotatable bonds is 4. The van der Waals surface area contributed by atoms with Gasteiger partial charge in [-0.15, -0.1) is 0 Å². The molecule has 6 nitrogen and oxygen atoms in total. The van der Waals surface area contributed by atoms with Crippen LogP contribution < -0.4 is 10.1 Å². The Labute approximate surface area is 153 Å². The van der Waals surface area contributed by atoms with Crippen LogP contribution in [-0.4, -0.2) is 34.4 Å². The lowest BCUT2D eigenvalue weighted by molar-refractivity contribution is 0.142. The second-order valence-electron chi connectivity index (χ2n) is 5.92. The number of hydrogen-bond acceptors (Lipinski definition) is 6. The summed E-state index contributed by atoms with van der Waals surface area (Å²) in [5.74, 6) is 0.458. The normalized spacial score (nSPS) is 16.8. The molecule has 1 fully saturated rings. The van der Waals surface area contributed by atoms with Crippen LogP contribution >= 0.6 is 11.6 Å². The summed E-state index contributed by atoms with van der Waals surface area (Å²) < 4.78 is 24.7. The highest BCUT2D eigenvalue weighted by atomic mass is 35.5. The van der Waals surface area contributed by atoms with Crippen LogP contribution in [0, 0.1) is 5.82 Å². The molecule has 2 heterocycles. The maximum absolute atomic E-state index is 13.4. The third kappa shape index (κ3) is 3.36. The van der Waals surface area contributed by atoms with Crippen molar-refractivity contribution in [3.8, 4) is 11.5 Å². The van der Waals surface area contributed by atoms with Crippen molar-refractivity contribution in [1.29, 1.82) is 0 Å². The Balaban J connectivity index is 1.77. The minimum atomic E-state index is -0.500. The molecule has 0 spiro atoms. The summed E-state index contributed by atoms with van der Waals surface area (Å²) in [6.07, 6.45) is 2.03. The zero-order chi connectivity index (χ0) is 18.1. The average Bonchev–Trinajstić information content (AvgIpc) is 3.11. The lowest BCUT2D eigenvalue weighted by atomic mass is 10.2. The van der Waals surface area contributed by atoms with E-state index in [1.807, 2.05) is 0 Å². The predicted molar refractivity (Wildman–Crippen MR) is 95.7 cm³/mol. The Morgan fingerprint density at radius 2 is 2.15 bits per heavy atom. The van der Waals surface area contributed by atoms with Gasteiger partial charge in [0.05, 0.1) is 29.1 Å². The molecular weight excluding hydrogens is 361 g/mol. The summed E-state index contributed by atoms with van der Waals surface area (Å²) in [5, 5.41) is 13.7. The van der Waals surface area contributed by atoms with Crippen molar-refractivity contribution in [2.45, 2.75) is 12.5 Å². The first-order valence-electron chi connectivity index (χ1n) is 8.04. The molecule has 3 aromatic rings. The highest BCUT2D eigenvalue weighted by molar-refractivity contribution is 6.31. The molecule has 0 saturated carbocycles. The summed E-state index contributed by atoms with van der Waals surface area (Å²) in [4.78, 5) is 8.47. The minimum Gasteiger partial charge on any atom is -0.508 e. The number of benzene rings is 2. The van der Waals surface area contributed by atoms with Gasteiger partial charge in [0.2, 0.25) is 0 Å². The number of nitrogens with zero attached hydrogens (tertiary/aromatic N) is 2. The summed E-state index contributed by atoms with van der Waals surface area (Å²) >= 11 is 5.84. The Morgan fingerprint density at radius 3 is 2.92 bits per heavy atom. The molecule has 1 aliphatic rings. The third-order valence-electron chi connectivity index (χ3n) is 4.05. The number of halogens is 2. The first-order chi connectivity index (χ1) is 12.6. The monoisotopic (exact) mass is 375 g/mol. The Morgan fingerprint density at radius 1 is 1.27 bits per heavy atom. The van der Waals surface area contributed by atoms with Gasteiger partial charge in [-0.2, -0.15) is 0 Å². The Hall–Kier alpha value is -2.64. The molecule has 26 heavy (non-hydrogen) atoms. The molecule has 1 atom stereocenters. The van der Waals surface area contributed by atoms with Crippen molar-refractivity contribution in [3.63, 3.8) is 0 Å². The van der Waals surface area contributed by atoms with Crippen LogP contribution in [0.5, 0.6) is 11.5 Å². The highest BCUT2D eigenvalue weighted by Gasteiger charge is 2.20. The lowest BCUT2D eigenvalue weighted by Crippen LogP contribution is -2.16. The van der Waals surface area contributed by atoms with E-state index in [0.29, 0.717) is 41.4 Å². The van der Waals surface area contributed by atoms with Crippen molar-refractivity contribution in [1.82, 2.24) is 9.97 Å². The minimum absolute atomic E-state index is 0.00517. The van der Waals surface area contributed by atoms with Gasteiger partial charge in [-0.3, -0.25) is 0 Å². The topological polar surface area (TPSA) is 76.5 Å². The van der Waals surface area contributed by atoms with Crippen LogP contribution in [0.25, 0.3) is 10.9 Å². The predicted octanol–water partition coefficient (Wildman–Crippen LogP) is 4.04. The molecule has 1 aliphatic heterocycles. The molecule has 1 aromatic heterocycles. The maximum Gasteiger partial charge on any atom is 0.145 e. The van der Waals surface area contributed by atoms with Gasteiger partial charge in [-0.25, -0.2) is 14.4 Å². The van der Waals surface area contributed by atoms with Crippen LogP contribution in [-0.2, 0) is 4.74 Å². The smallest absolute Gasteiger partial charge is 0.145 e. The Kier molecular flexibility index (Phi) is 4.48. The molecule has 1 saturated heterocycles. The third-order valence-corrected chi connectivity index (χ3v) is 4.34. The van der Waals surface area contributed by atoms with Gasteiger partial charge in [0.15, 0.2) is 0 Å². The number of fused-ring (bicyclic) bond motifs is 1. The fourth-order valence-electron chi connectivity index (χ4n) is 2.82. The summed E-state index contributed by atoms with van der Waals surface area (Å²) in [6, 6.07) is 7.34. The standard InChI is InChI=1S/C18H15ClFN3O3/c19-13-5-10(1-2-14(13)20)23-18-17-15(21-9-22-18)6-11(24)7-16(17)26-12-3-4-25-8-12/h1-2,5-7,9,12,24H,3-4,8H2,(H,21,22,23). The Bertz CT molecular complexity index is 964. The average molecular weight is 376 g/mol. The molecule has 134 valence electrons. The summed E-state index contributed by atoms with van der Waals surface area (Å²) in [7, 11) is 0. The number of anilines is 2. The second-order valence-corrected chi connectivity index (χ2v) is 6.32. The molecular formula is C18H15ClFN3O3. The molecule has 4 rings (SSSR count). The lowest BCUT2D eigenvalue weighted by Gasteiger charge is -2.16. The van der Waals surface area contributed by atoms with E-state index in [1.165, 1.54) is 30.6 Å². The SMILES string of the molecule is Oc1cc(OC2CCOC2)c2c(Nc3ccc(F)c(Cl)c3)ncnc2c1. The van der Waals surface area contributed by atoms with Crippen LogP contribution in [0.1, 0.15) is 6.42 Å². The van der Waals surface area contributed by atoms with Gasteiger partial charge < -0.3 is 19.9 Å². The van der Waals surface area contributed by atoms with Crippen molar-refractivity contribution in [2.24, 2.45) is 0 Å². The molecule has 1 unspecified atom stereocenters. The van der Waals surface area contributed by atoms with Gasteiger partial charge >= 0.3 is 0 Å². The molecule has 8 heteroatoms. The van der Waals surface area contributed by atoms with Gasteiger partial charge in [0, 0.05) is 24.2 Å². The van der Waals surface area contributed by atoms with Crippen molar-refractivity contribution >= 4 is 34.0 Å². The summed E-state index contributed by atoms with van der Waals surface area (Å²) in [6.45, 7) is 1.12. The number of ether oxygens (including phenoxy) is 2. The molecule has 2 N–H and O–H groups in total. The van der Waals surface area contributed by atoms with E-state index in [0.717, 1.165) is 6.42 Å². The van der Waals surface area contributed by atoms with Crippen LogP contribution in [0.2, 0.25) is 5.02 Å². The van der Waals surface area contributed by atoms with Crippen LogP contribution in [0.15, 0.2) is 36.7 Å². The zero-order valence-electron chi connectivity index (χ0n) is 13.6. The van der Waals surface area contributed by atoms with E-state index in [9.17, 15) is 9.50 Å². The zero-order valence-corrected chi connectivity index (χ0v) is 14.3. The van der Waals surface area contributed by atoms with E-state index in [2.05, 4.69) is 15.3 Å². The number of aromatic nitrogens is 2. The molecule has 0 aliphatic carbocycles. The van der Waals surface area contributed by atoms with E-state index >= 15 is 0 Å². The number of aromatic hydroxyl groups is 1. The van der Waals surface area contributed by atoms with Gasteiger partial charge in [-0.05, 0) is 18.2 Å². The van der Waals surface area contributed by atoms with Gasteiger partial charge in [-0.1, -0.05) is 11.6 Å². The van der Waals surface area contributed by atoms with Crippen molar-refractivity contribution in [2.75, 3.05) is 18.5 Å². The largest absolute Gasteiger partial charge is 0.508 e. The first kappa shape index (κ1) is 16.8. The number of nitrogens with one attached hydrogen (secondary N) is 1. The van der Waals surface area contributed by atoms with Gasteiger partial charge in [0.25, 0.3) is 0 Å². The molecule has 0 radical (unpaired) electrons. The highest BCUT2D eigenvalue weighted by Crippen LogP contribution is 2.36. The number of phenolic OH excluding ortho intramolecular Hbond substituents is 1. The first-order valence-corrected chi connectivity index (χ1v) is 8.42. The molecule has 0 amide bonds.